The fourth-order valence-electron chi connectivity index (χ4n) is 1.90. The normalized spacial score (nSPS) is 12.2. The molecule has 0 bridgehead atoms. The summed E-state index contributed by atoms with van der Waals surface area (Å²) in [6.07, 6.45) is 3.01. The molecule has 0 aromatic heterocycles. The van der Waals surface area contributed by atoms with Gasteiger partial charge in [0.05, 0.1) is 13.0 Å². The number of aromatic hydroxyl groups is 1. The predicted molar refractivity (Wildman–Crippen MR) is 67.1 cm³/mol. The van der Waals surface area contributed by atoms with Gasteiger partial charge in [-0.25, -0.2) is 0 Å². The van der Waals surface area contributed by atoms with Gasteiger partial charge in [-0.15, -0.1) is 0 Å². The summed E-state index contributed by atoms with van der Waals surface area (Å²) < 4.78 is 4.75. The summed E-state index contributed by atoms with van der Waals surface area (Å²) in [4.78, 5) is 11.5. The molecule has 94 valence electrons. The molecule has 0 fully saturated rings. The Hall–Kier alpha value is -1.51. The fourth-order valence-corrected chi connectivity index (χ4v) is 1.90. The highest BCUT2D eigenvalue weighted by Gasteiger charge is 2.18. The summed E-state index contributed by atoms with van der Waals surface area (Å²) in [5, 5.41) is 9.50. The molecule has 3 nitrogen and oxygen atoms in total. The van der Waals surface area contributed by atoms with Crippen LogP contribution in [-0.2, 0) is 16.0 Å². The Kier molecular flexibility index (Phi) is 5.01. The number of phenols is 1. The number of esters is 1. The average molecular weight is 236 g/mol. The zero-order valence-corrected chi connectivity index (χ0v) is 10.7. The van der Waals surface area contributed by atoms with E-state index in [1.165, 1.54) is 7.11 Å². The van der Waals surface area contributed by atoms with E-state index in [2.05, 4.69) is 6.92 Å². The second kappa shape index (κ2) is 6.28. The molecule has 1 N–H and O–H groups in total. The molecule has 17 heavy (non-hydrogen) atoms. The maximum atomic E-state index is 11.5. The van der Waals surface area contributed by atoms with Crippen molar-refractivity contribution in [1.82, 2.24) is 0 Å². The standard InChI is InChI=1S/C14H20O3/c1-4-5-6-11-9-12(15)7-8-13(11)10(2)14(16)17-3/h7-10,15H,4-6H2,1-3H3. The van der Waals surface area contributed by atoms with Crippen molar-refractivity contribution in [2.75, 3.05) is 7.11 Å². The number of benzene rings is 1. The molecular weight excluding hydrogens is 216 g/mol. The van der Waals surface area contributed by atoms with Crippen molar-refractivity contribution in [2.45, 2.75) is 39.0 Å². The number of carbonyl (C=O) groups is 1. The Labute approximate surface area is 102 Å². The maximum absolute atomic E-state index is 11.5. The van der Waals surface area contributed by atoms with Crippen LogP contribution in [0.25, 0.3) is 0 Å². The van der Waals surface area contributed by atoms with Crippen LogP contribution in [-0.4, -0.2) is 18.2 Å². The van der Waals surface area contributed by atoms with Gasteiger partial charge in [-0.05, 0) is 43.0 Å². The number of phenolic OH excluding ortho intramolecular Hbond substituents is 1. The summed E-state index contributed by atoms with van der Waals surface area (Å²) in [5.74, 6) is -0.280. The van der Waals surface area contributed by atoms with E-state index < -0.39 is 0 Å². The predicted octanol–water partition coefficient (Wildman–Crippen LogP) is 3.01. The molecule has 0 aliphatic rings. The van der Waals surface area contributed by atoms with Crippen molar-refractivity contribution < 1.29 is 14.6 Å². The first kappa shape index (κ1) is 13.6. The lowest BCUT2D eigenvalue weighted by atomic mass is 9.92. The molecule has 0 spiro atoms. The van der Waals surface area contributed by atoms with Crippen LogP contribution in [0.15, 0.2) is 18.2 Å². The number of rotatable bonds is 5. The highest BCUT2D eigenvalue weighted by Crippen LogP contribution is 2.26. The van der Waals surface area contributed by atoms with E-state index in [0.29, 0.717) is 0 Å². The van der Waals surface area contributed by atoms with E-state index in [-0.39, 0.29) is 17.6 Å². The zero-order chi connectivity index (χ0) is 12.8. The summed E-state index contributed by atoms with van der Waals surface area (Å²) in [6.45, 7) is 3.94. The van der Waals surface area contributed by atoms with Crippen molar-refractivity contribution >= 4 is 5.97 Å². The number of aryl methyl sites for hydroxylation is 1. The van der Waals surface area contributed by atoms with Gasteiger partial charge in [0.2, 0.25) is 0 Å². The third-order valence-electron chi connectivity index (χ3n) is 2.95. The minimum absolute atomic E-state index is 0.242. The Morgan fingerprint density at radius 2 is 2.18 bits per heavy atom. The van der Waals surface area contributed by atoms with Crippen LogP contribution < -0.4 is 0 Å². The number of hydrogen-bond donors (Lipinski definition) is 1. The molecule has 0 aliphatic heterocycles. The Bertz CT molecular complexity index is 385. The second-order valence-electron chi connectivity index (χ2n) is 4.23. The average Bonchev–Trinajstić information content (AvgIpc) is 2.34. The van der Waals surface area contributed by atoms with Crippen LogP contribution >= 0.6 is 0 Å². The Balaban J connectivity index is 3.00. The fraction of sp³-hybridized carbons (Fsp3) is 0.500. The molecule has 1 aromatic carbocycles. The van der Waals surface area contributed by atoms with E-state index in [1.54, 1.807) is 12.1 Å². The minimum Gasteiger partial charge on any atom is -0.508 e. The van der Waals surface area contributed by atoms with Crippen molar-refractivity contribution in [2.24, 2.45) is 0 Å². The van der Waals surface area contributed by atoms with Gasteiger partial charge < -0.3 is 9.84 Å². The maximum Gasteiger partial charge on any atom is 0.312 e. The number of methoxy groups -OCH3 is 1. The molecule has 1 atom stereocenters. The third kappa shape index (κ3) is 3.48. The van der Waals surface area contributed by atoms with Crippen LogP contribution in [0.4, 0.5) is 0 Å². The summed E-state index contributed by atoms with van der Waals surface area (Å²) in [5.41, 5.74) is 1.98. The van der Waals surface area contributed by atoms with Gasteiger partial charge in [0.1, 0.15) is 5.75 Å². The molecule has 1 unspecified atom stereocenters. The minimum atomic E-state index is -0.285. The van der Waals surface area contributed by atoms with Crippen LogP contribution in [0.5, 0.6) is 5.75 Å². The molecular formula is C14H20O3. The van der Waals surface area contributed by atoms with Crippen LogP contribution in [0, 0.1) is 0 Å². The molecule has 0 heterocycles. The van der Waals surface area contributed by atoms with Gasteiger partial charge in [-0.1, -0.05) is 19.4 Å². The molecule has 0 amide bonds. The summed E-state index contributed by atoms with van der Waals surface area (Å²) in [6, 6.07) is 5.16. The zero-order valence-electron chi connectivity index (χ0n) is 10.7. The first-order chi connectivity index (χ1) is 8.10. The highest BCUT2D eigenvalue weighted by molar-refractivity contribution is 5.78. The van der Waals surface area contributed by atoms with E-state index in [1.807, 2.05) is 13.0 Å². The second-order valence-corrected chi connectivity index (χ2v) is 4.23. The lowest BCUT2D eigenvalue weighted by molar-refractivity contribution is -0.142. The van der Waals surface area contributed by atoms with Crippen molar-refractivity contribution in [3.63, 3.8) is 0 Å². The molecule has 0 radical (unpaired) electrons. The Morgan fingerprint density at radius 3 is 2.76 bits per heavy atom. The lowest BCUT2D eigenvalue weighted by Crippen LogP contribution is -2.12. The SMILES string of the molecule is CCCCc1cc(O)ccc1C(C)C(=O)OC. The Morgan fingerprint density at radius 1 is 1.47 bits per heavy atom. The molecule has 3 heteroatoms. The number of ether oxygens (including phenoxy) is 1. The van der Waals surface area contributed by atoms with E-state index in [0.717, 1.165) is 30.4 Å². The first-order valence-electron chi connectivity index (χ1n) is 5.99. The molecule has 0 saturated carbocycles. The third-order valence-corrected chi connectivity index (χ3v) is 2.95. The lowest BCUT2D eigenvalue weighted by Gasteiger charge is -2.15. The van der Waals surface area contributed by atoms with E-state index in [9.17, 15) is 9.90 Å². The quantitative estimate of drug-likeness (QED) is 0.799. The molecule has 1 rings (SSSR count). The smallest absolute Gasteiger partial charge is 0.312 e. The van der Waals surface area contributed by atoms with Gasteiger partial charge in [-0.3, -0.25) is 4.79 Å². The van der Waals surface area contributed by atoms with Crippen LogP contribution in [0.2, 0.25) is 0 Å². The molecule has 0 saturated heterocycles. The molecule has 1 aromatic rings. The monoisotopic (exact) mass is 236 g/mol. The van der Waals surface area contributed by atoms with Gasteiger partial charge in [0.25, 0.3) is 0 Å². The van der Waals surface area contributed by atoms with Gasteiger partial charge >= 0.3 is 5.97 Å². The first-order valence-corrected chi connectivity index (χ1v) is 5.99. The number of hydrogen-bond acceptors (Lipinski definition) is 3. The van der Waals surface area contributed by atoms with Gasteiger partial charge in [-0.2, -0.15) is 0 Å². The van der Waals surface area contributed by atoms with E-state index >= 15 is 0 Å². The van der Waals surface area contributed by atoms with Crippen molar-refractivity contribution in [1.29, 1.82) is 0 Å². The van der Waals surface area contributed by atoms with Gasteiger partial charge in [0, 0.05) is 0 Å². The van der Waals surface area contributed by atoms with Crippen LogP contribution in [0.1, 0.15) is 43.7 Å². The van der Waals surface area contributed by atoms with Gasteiger partial charge in [0.15, 0.2) is 0 Å². The summed E-state index contributed by atoms with van der Waals surface area (Å²) in [7, 11) is 1.39. The highest BCUT2D eigenvalue weighted by atomic mass is 16.5. The topological polar surface area (TPSA) is 46.5 Å². The van der Waals surface area contributed by atoms with Crippen molar-refractivity contribution in [3.05, 3.63) is 29.3 Å². The summed E-state index contributed by atoms with van der Waals surface area (Å²) >= 11 is 0. The van der Waals surface area contributed by atoms with Crippen LogP contribution in [0.3, 0.4) is 0 Å². The number of unbranched alkanes of at least 4 members (excludes halogenated alkanes) is 1. The van der Waals surface area contributed by atoms with Crippen molar-refractivity contribution in [3.8, 4) is 5.75 Å². The molecule has 0 aliphatic carbocycles. The largest absolute Gasteiger partial charge is 0.508 e. The number of carbonyl (C=O) groups excluding carboxylic acids is 1. The van der Waals surface area contributed by atoms with E-state index in [4.69, 9.17) is 4.74 Å².